The van der Waals surface area contributed by atoms with Crippen LogP contribution < -0.4 is 10.6 Å². The topological polar surface area (TPSA) is 173 Å². The Labute approximate surface area is 198 Å². The third kappa shape index (κ3) is 5.45. The average Bonchev–Trinajstić information content (AvgIpc) is 2.92. The zero-order chi connectivity index (χ0) is 25.0. The molecule has 182 valence electrons. The molecule has 3 rings (SSSR count). The summed E-state index contributed by atoms with van der Waals surface area (Å²) in [4.78, 5) is 73.7. The highest BCUT2D eigenvalue weighted by Crippen LogP contribution is 2.26. The summed E-state index contributed by atoms with van der Waals surface area (Å²) < 4.78 is 0. The summed E-state index contributed by atoms with van der Waals surface area (Å²) >= 11 is 5.84. The number of carbonyl (C=O) groups excluding carboxylic acids is 5. The molecule has 0 aliphatic carbocycles. The van der Waals surface area contributed by atoms with Crippen LogP contribution in [0.2, 0.25) is 5.02 Å². The summed E-state index contributed by atoms with van der Waals surface area (Å²) in [5.74, 6) is -4.05. The average molecular weight is 495 g/mol. The van der Waals surface area contributed by atoms with Crippen molar-refractivity contribution in [1.82, 2.24) is 20.7 Å². The number of aldehydes is 1. The molecule has 12 nitrogen and oxygen atoms in total. The predicted molar refractivity (Wildman–Crippen MR) is 115 cm³/mol. The Hall–Kier alpha value is -3.67. The minimum Gasteiger partial charge on any atom is -0.506 e. The van der Waals surface area contributed by atoms with E-state index in [1.165, 1.54) is 18.2 Å². The van der Waals surface area contributed by atoms with Crippen LogP contribution in [0.3, 0.4) is 0 Å². The van der Waals surface area contributed by atoms with Crippen molar-refractivity contribution in [3.8, 4) is 5.75 Å². The quantitative estimate of drug-likeness (QED) is 0.378. The number of carbonyl (C=O) groups is 6. The Morgan fingerprint density at radius 3 is 2.62 bits per heavy atom. The number of carboxylic acids is 1. The molecule has 2 fully saturated rings. The van der Waals surface area contributed by atoms with Gasteiger partial charge >= 0.3 is 5.97 Å². The molecule has 1 unspecified atom stereocenters. The maximum atomic E-state index is 13.4. The number of nitrogens with one attached hydrogen (secondary N) is 2. The highest BCUT2D eigenvalue weighted by atomic mass is 35.5. The molecule has 1 aromatic rings. The fourth-order valence-corrected chi connectivity index (χ4v) is 4.08. The molecule has 4 amide bonds. The van der Waals surface area contributed by atoms with Crippen LogP contribution in [0, 0.1) is 0 Å². The molecule has 0 aromatic heterocycles. The predicted octanol–water partition coefficient (Wildman–Crippen LogP) is -0.169. The van der Waals surface area contributed by atoms with E-state index in [-0.39, 0.29) is 48.4 Å². The first kappa shape index (κ1) is 25.0. The van der Waals surface area contributed by atoms with Crippen molar-refractivity contribution in [2.45, 2.75) is 50.2 Å². The number of hydrogen-bond acceptors (Lipinski definition) is 7. The van der Waals surface area contributed by atoms with E-state index in [4.69, 9.17) is 16.7 Å². The molecule has 3 atom stereocenters. The second kappa shape index (κ2) is 10.5. The number of nitrogens with zero attached hydrogens (tertiary/aromatic N) is 2. The number of benzene rings is 1. The second-order valence-electron chi connectivity index (χ2n) is 7.94. The summed E-state index contributed by atoms with van der Waals surface area (Å²) in [7, 11) is 0. The van der Waals surface area contributed by atoms with Gasteiger partial charge in [-0.05, 0) is 37.5 Å². The molecule has 0 bridgehead atoms. The van der Waals surface area contributed by atoms with Gasteiger partial charge in [-0.3, -0.25) is 29.0 Å². The zero-order valence-electron chi connectivity index (χ0n) is 17.9. The van der Waals surface area contributed by atoms with Crippen molar-refractivity contribution in [3.63, 3.8) is 0 Å². The number of rotatable bonds is 7. The Morgan fingerprint density at radius 1 is 1.24 bits per heavy atom. The molecule has 1 aromatic carbocycles. The fraction of sp³-hybridized carbons (Fsp3) is 0.429. The van der Waals surface area contributed by atoms with E-state index < -0.39 is 54.1 Å². The molecular weight excluding hydrogens is 472 g/mol. The van der Waals surface area contributed by atoms with Crippen LogP contribution >= 0.6 is 11.6 Å². The summed E-state index contributed by atoms with van der Waals surface area (Å²) in [6.07, 6.45) is 0.163. The van der Waals surface area contributed by atoms with Crippen molar-refractivity contribution in [3.05, 3.63) is 28.8 Å². The van der Waals surface area contributed by atoms with Gasteiger partial charge in [0.2, 0.25) is 11.8 Å². The standard InChI is InChI=1S/C21H23ClN4O8/c22-13-8-11(3-5-16(13)28)19(32)24-14-4-6-17(29)25-7-1-2-15(26(25)21(14)34)20(33)23-12(10-27)9-18(30)31/h3,5,8,10,12,14-15,28H,1-2,4,6-7,9H2,(H,23,33)(H,24,32)(H,30,31)/t12-,14?,15-/m0/s1. The maximum Gasteiger partial charge on any atom is 0.305 e. The molecule has 0 radical (unpaired) electrons. The van der Waals surface area contributed by atoms with Crippen molar-refractivity contribution in [2.75, 3.05) is 6.54 Å². The van der Waals surface area contributed by atoms with Crippen LogP contribution in [0.1, 0.15) is 42.5 Å². The largest absolute Gasteiger partial charge is 0.506 e. The van der Waals surface area contributed by atoms with Gasteiger partial charge in [-0.15, -0.1) is 0 Å². The number of hydrazine groups is 1. The van der Waals surface area contributed by atoms with Gasteiger partial charge in [-0.25, -0.2) is 5.01 Å². The lowest BCUT2D eigenvalue weighted by atomic mass is 10.0. The lowest BCUT2D eigenvalue weighted by molar-refractivity contribution is -0.176. The zero-order valence-corrected chi connectivity index (χ0v) is 18.7. The Morgan fingerprint density at radius 2 is 1.97 bits per heavy atom. The molecule has 13 heteroatoms. The van der Waals surface area contributed by atoms with Crippen LogP contribution in [0.15, 0.2) is 18.2 Å². The van der Waals surface area contributed by atoms with Gasteiger partial charge in [0, 0.05) is 18.5 Å². The van der Waals surface area contributed by atoms with Gasteiger partial charge in [-0.1, -0.05) is 11.6 Å². The maximum absolute atomic E-state index is 13.4. The number of hydrogen-bond donors (Lipinski definition) is 4. The molecule has 2 aliphatic heterocycles. The third-order valence-corrected chi connectivity index (χ3v) is 5.87. The van der Waals surface area contributed by atoms with Gasteiger partial charge in [0.1, 0.15) is 24.1 Å². The first-order chi connectivity index (χ1) is 16.1. The summed E-state index contributed by atoms with van der Waals surface area (Å²) in [6.45, 7) is 0.189. The van der Waals surface area contributed by atoms with E-state index in [1.54, 1.807) is 0 Å². The van der Waals surface area contributed by atoms with E-state index in [2.05, 4.69) is 10.6 Å². The lowest BCUT2D eigenvalue weighted by Crippen LogP contribution is -2.64. The van der Waals surface area contributed by atoms with Crippen molar-refractivity contribution < 1.29 is 39.0 Å². The van der Waals surface area contributed by atoms with E-state index >= 15 is 0 Å². The van der Waals surface area contributed by atoms with E-state index in [1.807, 2.05) is 0 Å². The molecule has 2 saturated heterocycles. The van der Waals surface area contributed by atoms with E-state index in [0.29, 0.717) is 6.42 Å². The smallest absolute Gasteiger partial charge is 0.305 e. The van der Waals surface area contributed by atoms with Crippen molar-refractivity contribution in [1.29, 1.82) is 0 Å². The monoisotopic (exact) mass is 494 g/mol. The van der Waals surface area contributed by atoms with E-state index in [9.17, 15) is 33.9 Å². The Kier molecular flexibility index (Phi) is 7.72. The second-order valence-corrected chi connectivity index (χ2v) is 8.34. The number of phenolic OH excluding ortho intramolecular Hbond substituents is 1. The van der Waals surface area contributed by atoms with Crippen LogP contribution in [-0.4, -0.2) is 80.8 Å². The highest BCUT2D eigenvalue weighted by molar-refractivity contribution is 6.32. The Bertz CT molecular complexity index is 1030. The first-order valence-electron chi connectivity index (χ1n) is 10.5. The number of carboxylic acid groups (broad SMARTS) is 1. The molecule has 0 spiro atoms. The lowest BCUT2D eigenvalue weighted by Gasteiger charge is -2.43. The minimum absolute atomic E-state index is 0.00740. The first-order valence-corrected chi connectivity index (χ1v) is 10.9. The minimum atomic E-state index is -1.30. The molecular formula is C21H23ClN4O8. The SMILES string of the molecule is O=C[C@H](CC(=O)O)NC(=O)[C@@H]1CCCN2C(=O)CCC(NC(=O)c3ccc(O)c(Cl)c3)C(=O)N12. The van der Waals surface area contributed by atoms with Gasteiger partial charge in [0.05, 0.1) is 17.5 Å². The summed E-state index contributed by atoms with van der Waals surface area (Å²) in [5, 5.41) is 25.4. The molecule has 0 saturated carbocycles. The fourth-order valence-electron chi connectivity index (χ4n) is 3.90. The summed E-state index contributed by atoms with van der Waals surface area (Å²) in [6, 6.07) is 0.166. The molecule has 2 heterocycles. The van der Waals surface area contributed by atoms with Crippen molar-refractivity contribution >= 4 is 47.5 Å². The van der Waals surface area contributed by atoms with Gasteiger partial charge < -0.3 is 25.6 Å². The number of fused-ring (bicyclic) bond motifs is 1. The van der Waals surface area contributed by atoms with Crippen LogP contribution in [0.5, 0.6) is 5.75 Å². The van der Waals surface area contributed by atoms with Gasteiger partial charge in [0.15, 0.2) is 0 Å². The number of aliphatic carboxylic acids is 1. The summed E-state index contributed by atoms with van der Waals surface area (Å²) in [5.41, 5.74) is 0.0819. The van der Waals surface area contributed by atoms with Gasteiger partial charge in [0.25, 0.3) is 11.8 Å². The highest BCUT2D eigenvalue weighted by Gasteiger charge is 2.45. The third-order valence-electron chi connectivity index (χ3n) is 5.57. The normalized spacial score (nSPS) is 21.2. The van der Waals surface area contributed by atoms with Crippen molar-refractivity contribution in [2.24, 2.45) is 0 Å². The number of phenols is 1. The number of halogens is 1. The van der Waals surface area contributed by atoms with E-state index in [0.717, 1.165) is 10.0 Å². The number of aromatic hydroxyl groups is 1. The van der Waals surface area contributed by atoms with Crippen LogP contribution in [-0.2, 0) is 24.0 Å². The molecule has 34 heavy (non-hydrogen) atoms. The number of amides is 4. The van der Waals surface area contributed by atoms with Crippen LogP contribution in [0.4, 0.5) is 0 Å². The Balaban J connectivity index is 1.82. The molecule has 2 aliphatic rings. The van der Waals surface area contributed by atoms with Crippen LogP contribution in [0.25, 0.3) is 0 Å². The molecule has 4 N–H and O–H groups in total. The van der Waals surface area contributed by atoms with Gasteiger partial charge in [-0.2, -0.15) is 0 Å².